The highest BCUT2D eigenvalue weighted by Gasteiger charge is 2.38. The number of carbonyl (C=O) groups is 2. The average molecular weight is 356 g/mol. The number of carbonyl (C=O) groups excluding carboxylic acids is 1. The first-order valence-corrected chi connectivity index (χ1v) is 8.80. The number of carboxylic acid groups (broad SMARTS) is 1. The van der Waals surface area contributed by atoms with Gasteiger partial charge in [0.15, 0.2) is 0 Å². The van der Waals surface area contributed by atoms with E-state index in [4.69, 9.17) is 4.74 Å². The monoisotopic (exact) mass is 356 g/mol. The Labute approximate surface area is 152 Å². The Balaban J connectivity index is 1.82. The Morgan fingerprint density at radius 2 is 2.04 bits per heavy atom. The number of benzene rings is 1. The molecule has 1 aliphatic rings. The van der Waals surface area contributed by atoms with E-state index in [2.05, 4.69) is 4.98 Å². The fraction of sp³-hybridized carbons (Fsp3) is 0.450. The van der Waals surface area contributed by atoms with Crippen LogP contribution in [-0.2, 0) is 9.53 Å². The van der Waals surface area contributed by atoms with E-state index in [0.717, 1.165) is 16.5 Å². The quantitative estimate of drug-likeness (QED) is 0.888. The topological polar surface area (TPSA) is 79.7 Å². The molecule has 0 unspecified atom stereocenters. The lowest BCUT2D eigenvalue weighted by atomic mass is 9.80. The van der Waals surface area contributed by atoms with Gasteiger partial charge in [0.05, 0.1) is 11.4 Å². The normalized spacial score (nSPS) is 20.8. The van der Waals surface area contributed by atoms with Crippen molar-refractivity contribution in [1.29, 1.82) is 0 Å². The summed E-state index contributed by atoms with van der Waals surface area (Å²) in [6, 6.07) is 9.71. The number of piperidine rings is 1. The first-order valence-electron chi connectivity index (χ1n) is 8.80. The van der Waals surface area contributed by atoms with Crippen LogP contribution in [0.4, 0.5) is 4.79 Å². The van der Waals surface area contributed by atoms with Gasteiger partial charge >= 0.3 is 12.1 Å². The zero-order chi connectivity index (χ0) is 18.9. The molecular formula is C20H24N2O4. The molecule has 1 saturated heterocycles. The molecule has 0 spiro atoms. The standard InChI is InChI=1S/C20H24N2O4/c1-20(2,3)26-19(25)22-10-8-15(16(12-22)18(23)24)13-6-7-17-14(11-13)5-4-9-21-17/h4-7,9,11,15-16H,8,10,12H2,1-3H3,(H,23,24)/t15-,16+/m1/s1. The van der Waals surface area contributed by atoms with Crippen molar-refractivity contribution in [3.8, 4) is 0 Å². The van der Waals surface area contributed by atoms with Crippen molar-refractivity contribution >= 4 is 23.0 Å². The summed E-state index contributed by atoms with van der Waals surface area (Å²) in [5.41, 5.74) is 1.26. The van der Waals surface area contributed by atoms with Crippen LogP contribution in [0.25, 0.3) is 10.9 Å². The number of amides is 1. The Morgan fingerprint density at radius 1 is 1.27 bits per heavy atom. The van der Waals surface area contributed by atoms with Crippen molar-refractivity contribution in [3.05, 3.63) is 42.1 Å². The fourth-order valence-corrected chi connectivity index (χ4v) is 3.42. The maximum atomic E-state index is 12.3. The van der Waals surface area contributed by atoms with Crippen molar-refractivity contribution in [2.24, 2.45) is 5.92 Å². The molecule has 1 amide bonds. The van der Waals surface area contributed by atoms with Crippen LogP contribution in [-0.4, -0.2) is 45.7 Å². The molecule has 3 rings (SSSR count). The van der Waals surface area contributed by atoms with E-state index in [1.165, 1.54) is 4.90 Å². The highest BCUT2D eigenvalue weighted by molar-refractivity contribution is 5.80. The molecule has 6 nitrogen and oxygen atoms in total. The van der Waals surface area contributed by atoms with Crippen LogP contribution in [0.5, 0.6) is 0 Å². The number of fused-ring (bicyclic) bond motifs is 1. The third-order valence-electron chi connectivity index (χ3n) is 4.64. The summed E-state index contributed by atoms with van der Waals surface area (Å²) in [5.74, 6) is -1.70. The summed E-state index contributed by atoms with van der Waals surface area (Å²) < 4.78 is 5.39. The minimum Gasteiger partial charge on any atom is -0.481 e. The van der Waals surface area contributed by atoms with Crippen molar-refractivity contribution in [1.82, 2.24) is 9.88 Å². The molecule has 138 valence electrons. The zero-order valence-corrected chi connectivity index (χ0v) is 15.3. The average Bonchev–Trinajstić information content (AvgIpc) is 2.59. The Morgan fingerprint density at radius 3 is 2.73 bits per heavy atom. The third-order valence-corrected chi connectivity index (χ3v) is 4.64. The SMILES string of the molecule is CC(C)(C)OC(=O)N1CC[C@H](c2ccc3ncccc3c2)[C@@H](C(=O)O)C1. The predicted molar refractivity (Wildman–Crippen MR) is 98.0 cm³/mol. The molecule has 1 aromatic carbocycles. The van der Waals surface area contributed by atoms with Gasteiger partial charge in [0, 0.05) is 30.6 Å². The van der Waals surface area contributed by atoms with Gasteiger partial charge in [-0.2, -0.15) is 0 Å². The van der Waals surface area contributed by atoms with Crippen LogP contribution in [0.15, 0.2) is 36.5 Å². The second-order valence-corrected chi connectivity index (χ2v) is 7.72. The Hall–Kier alpha value is -2.63. The van der Waals surface area contributed by atoms with E-state index in [1.54, 1.807) is 27.0 Å². The van der Waals surface area contributed by atoms with Crippen molar-refractivity contribution < 1.29 is 19.4 Å². The van der Waals surface area contributed by atoms with Crippen LogP contribution in [0.3, 0.4) is 0 Å². The van der Waals surface area contributed by atoms with Gasteiger partial charge < -0.3 is 14.7 Å². The molecule has 1 aliphatic heterocycles. The molecule has 0 aliphatic carbocycles. The van der Waals surface area contributed by atoms with Gasteiger partial charge in [0.1, 0.15) is 5.60 Å². The maximum absolute atomic E-state index is 12.3. The van der Waals surface area contributed by atoms with Gasteiger partial charge in [-0.05, 0) is 51.0 Å². The van der Waals surface area contributed by atoms with E-state index in [9.17, 15) is 14.7 Å². The number of hydrogen-bond acceptors (Lipinski definition) is 4. The van der Waals surface area contributed by atoms with Crippen LogP contribution < -0.4 is 0 Å². The number of likely N-dealkylation sites (tertiary alicyclic amines) is 1. The summed E-state index contributed by atoms with van der Waals surface area (Å²) in [7, 11) is 0. The lowest BCUT2D eigenvalue weighted by Crippen LogP contribution is -2.47. The molecule has 6 heteroatoms. The number of hydrogen-bond donors (Lipinski definition) is 1. The molecule has 2 aromatic rings. The van der Waals surface area contributed by atoms with Crippen LogP contribution in [0.2, 0.25) is 0 Å². The molecule has 26 heavy (non-hydrogen) atoms. The number of aliphatic carboxylic acids is 1. The molecule has 2 heterocycles. The second-order valence-electron chi connectivity index (χ2n) is 7.72. The summed E-state index contributed by atoms with van der Waals surface area (Å²) in [6.45, 7) is 6.04. The number of carboxylic acids is 1. The molecule has 0 bridgehead atoms. The summed E-state index contributed by atoms with van der Waals surface area (Å²) in [4.78, 5) is 30.0. The van der Waals surface area contributed by atoms with Gasteiger partial charge in [0.25, 0.3) is 0 Å². The van der Waals surface area contributed by atoms with E-state index < -0.39 is 23.6 Å². The minimum atomic E-state index is -0.894. The first kappa shape index (κ1) is 18.2. The van der Waals surface area contributed by atoms with Crippen molar-refractivity contribution in [3.63, 3.8) is 0 Å². The fourth-order valence-electron chi connectivity index (χ4n) is 3.42. The highest BCUT2D eigenvalue weighted by atomic mass is 16.6. The largest absolute Gasteiger partial charge is 0.481 e. The van der Waals surface area contributed by atoms with E-state index in [0.29, 0.717) is 13.0 Å². The number of aromatic nitrogens is 1. The number of pyridine rings is 1. The smallest absolute Gasteiger partial charge is 0.410 e. The Bertz CT molecular complexity index is 828. The first-order chi connectivity index (χ1) is 12.2. The van der Waals surface area contributed by atoms with E-state index >= 15 is 0 Å². The number of ether oxygens (including phenoxy) is 1. The van der Waals surface area contributed by atoms with Gasteiger partial charge in [0.2, 0.25) is 0 Å². The second kappa shape index (κ2) is 6.94. The molecule has 0 saturated carbocycles. The molecule has 0 radical (unpaired) electrons. The Kier molecular flexibility index (Phi) is 4.85. The lowest BCUT2D eigenvalue weighted by molar-refractivity contribution is -0.144. The van der Waals surface area contributed by atoms with Crippen molar-refractivity contribution in [2.45, 2.75) is 38.7 Å². The summed E-state index contributed by atoms with van der Waals surface area (Å²) in [5, 5.41) is 10.7. The predicted octanol–water partition coefficient (Wildman–Crippen LogP) is 3.66. The number of rotatable bonds is 2. The molecule has 1 fully saturated rings. The lowest BCUT2D eigenvalue weighted by Gasteiger charge is -2.37. The van der Waals surface area contributed by atoms with E-state index in [-0.39, 0.29) is 12.5 Å². The van der Waals surface area contributed by atoms with E-state index in [1.807, 2.05) is 30.3 Å². The molecular weight excluding hydrogens is 332 g/mol. The maximum Gasteiger partial charge on any atom is 0.410 e. The van der Waals surface area contributed by atoms with Gasteiger partial charge in [-0.25, -0.2) is 4.79 Å². The minimum absolute atomic E-state index is 0.143. The number of nitrogens with zero attached hydrogens (tertiary/aromatic N) is 2. The van der Waals surface area contributed by atoms with Crippen LogP contribution in [0.1, 0.15) is 38.7 Å². The van der Waals surface area contributed by atoms with Crippen LogP contribution >= 0.6 is 0 Å². The zero-order valence-electron chi connectivity index (χ0n) is 15.3. The van der Waals surface area contributed by atoms with Crippen LogP contribution in [0, 0.1) is 5.92 Å². The highest BCUT2D eigenvalue weighted by Crippen LogP contribution is 2.35. The third kappa shape index (κ3) is 3.95. The summed E-state index contributed by atoms with van der Waals surface area (Å²) >= 11 is 0. The molecule has 1 N–H and O–H groups in total. The van der Waals surface area contributed by atoms with Gasteiger partial charge in [-0.15, -0.1) is 0 Å². The molecule has 2 atom stereocenters. The van der Waals surface area contributed by atoms with Crippen molar-refractivity contribution in [2.75, 3.05) is 13.1 Å². The summed E-state index contributed by atoms with van der Waals surface area (Å²) in [6.07, 6.45) is 1.87. The molecule has 1 aromatic heterocycles. The van der Waals surface area contributed by atoms with Gasteiger partial charge in [-0.1, -0.05) is 12.1 Å². The van der Waals surface area contributed by atoms with Gasteiger partial charge in [-0.3, -0.25) is 9.78 Å².